The second kappa shape index (κ2) is 5.02. The molecule has 2 nitrogen and oxygen atoms in total. The predicted molar refractivity (Wildman–Crippen MR) is 66.8 cm³/mol. The molecule has 0 unspecified atom stereocenters. The summed E-state index contributed by atoms with van der Waals surface area (Å²) in [6.07, 6.45) is 3.71. The third-order valence-electron chi connectivity index (χ3n) is 2.34. The number of ether oxygens (including phenoxy) is 1. The number of rotatable bonds is 2. The molecular formula is C12H10BrClO2. The molecule has 0 bridgehead atoms. The van der Waals surface area contributed by atoms with Crippen molar-refractivity contribution in [2.45, 2.75) is 12.8 Å². The zero-order chi connectivity index (χ0) is 11.5. The number of Topliss-reactive ketones (excluding diaryl/α,β-unsaturated/α-hetero) is 1. The van der Waals surface area contributed by atoms with Gasteiger partial charge in [-0.05, 0) is 53.0 Å². The van der Waals surface area contributed by atoms with E-state index in [4.69, 9.17) is 16.3 Å². The Hall–Kier alpha value is -0.800. The number of allylic oxidation sites excluding steroid dienone is 2. The van der Waals surface area contributed by atoms with Gasteiger partial charge in [0.15, 0.2) is 5.76 Å². The third kappa shape index (κ3) is 2.47. The van der Waals surface area contributed by atoms with Crippen LogP contribution in [0.4, 0.5) is 0 Å². The summed E-state index contributed by atoms with van der Waals surface area (Å²) >= 11 is 9.16. The van der Waals surface area contributed by atoms with Crippen molar-refractivity contribution in [2.75, 3.05) is 6.61 Å². The number of ketones is 1. The molecule has 4 heteroatoms. The highest BCUT2D eigenvalue weighted by Gasteiger charge is 2.16. The Morgan fingerprint density at radius 2 is 2.25 bits per heavy atom. The van der Waals surface area contributed by atoms with E-state index in [1.165, 1.54) is 0 Å². The number of carbonyl (C=O) groups is 1. The minimum atomic E-state index is -0.0860. The Balaban J connectivity index is 2.26. The molecule has 1 aromatic rings. The van der Waals surface area contributed by atoms with Crippen molar-refractivity contribution in [3.8, 4) is 0 Å². The van der Waals surface area contributed by atoms with E-state index in [1.54, 1.807) is 18.2 Å². The quantitative estimate of drug-likeness (QED) is 0.772. The van der Waals surface area contributed by atoms with Crippen LogP contribution < -0.4 is 0 Å². The maximum atomic E-state index is 12.0. The van der Waals surface area contributed by atoms with Crippen LogP contribution in [0.15, 0.2) is 34.5 Å². The summed E-state index contributed by atoms with van der Waals surface area (Å²) in [4.78, 5) is 12.0. The highest BCUT2D eigenvalue weighted by molar-refractivity contribution is 9.10. The zero-order valence-electron chi connectivity index (χ0n) is 8.50. The molecule has 84 valence electrons. The lowest BCUT2D eigenvalue weighted by atomic mass is 10.1. The van der Waals surface area contributed by atoms with Gasteiger partial charge in [-0.25, -0.2) is 0 Å². The minimum Gasteiger partial charge on any atom is -0.490 e. The van der Waals surface area contributed by atoms with Crippen LogP contribution in [0.3, 0.4) is 0 Å². The lowest BCUT2D eigenvalue weighted by Crippen LogP contribution is -2.11. The molecular weight excluding hydrogens is 291 g/mol. The molecule has 0 spiro atoms. The van der Waals surface area contributed by atoms with Gasteiger partial charge in [0.1, 0.15) is 0 Å². The lowest BCUT2D eigenvalue weighted by Gasteiger charge is -2.13. The molecule has 0 aliphatic carbocycles. The van der Waals surface area contributed by atoms with E-state index in [9.17, 15) is 4.79 Å². The highest BCUT2D eigenvalue weighted by Crippen LogP contribution is 2.25. The van der Waals surface area contributed by atoms with Gasteiger partial charge >= 0.3 is 0 Å². The normalized spacial score (nSPS) is 15.2. The van der Waals surface area contributed by atoms with E-state index in [-0.39, 0.29) is 5.78 Å². The molecule has 0 saturated heterocycles. The summed E-state index contributed by atoms with van der Waals surface area (Å²) in [5, 5.41) is 0.593. The van der Waals surface area contributed by atoms with Crippen molar-refractivity contribution < 1.29 is 9.53 Å². The number of hydrogen-bond donors (Lipinski definition) is 0. The summed E-state index contributed by atoms with van der Waals surface area (Å²) in [5.74, 6) is 0.359. The van der Waals surface area contributed by atoms with Gasteiger partial charge in [-0.15, -0.1) is 0 Å². The average Bonchev–Trinajstić information content (AvgIpc) is 2.33. The van der Waals surface area contributed by atoms with Crippen LogP contribution in [0.25, 0.3) is 0 Å². The van der Waals surface area contributed by atoms with E-state index in [2.05, 4.69) is 15.9 Å². The molecule has 0 aromatic heterocycles. The van der Waals surface area contributed by atoms with Crippen molar-refractivity contribution in [1.29, 1.82) is 0 Å². The summed E-state index contributed by atoms with van der Waals surface area (Å²) in [5.41, 5.74) is 0.587. The lowest BCUT2D eigenvalue weighted by molar-refractivity contribution is 0.0899. The van der Waals surface area contributed by atoms with Gasteiger partial charge in [-0.2, -0.15) is 0 Å². The fourth-order valence-corrected chi connectivity index (χ4v) is 1.99. The molecule has 0 saturated carbocycles. The van der Waals surface area contributed by atoms with Gasteiger partial charge in [0.25, 0.3) is 0 Å². The first-order valence-electron chi connectivity index (χ1n) is 5.01. The predicted octanol–water partition coefficient (Wildman–Crippen LogP) is 3.98. The van der Waals surface area contributed by atoms with Gasteiger partial charge in [0.05, 0.1) is 11.6 Å². The zero-order valence-corrected chi connectivity index (χ0v) is 10.8. The van der Waals surface area contributed by atoms with Crippen LogP contribution in [-0.2, 0) is 4.74 Å². The summed E-state index contributed by atoms with van der Waals surface area (Å²) in [7, 11) is 0. The molecule has 16 heavy (non-hydrogen) atoms. The van der Waals surface area contributed by atoms with Gasteiger partial charge in [0.2, 0.25) is 5.78 Å². The average molecular weight is 302 g/mol. The standard InChI is InChI=1S/C12H10BrClO2/c13-9-7-8(4-5-10(9)14)12(15)11-3-1-2-6-16-11/h3-5,7H,1-2,6H2. The van der Waals surface area contributed by atoms with Crippen LogP contribution in [0, 0.1) is 0 Å². The third-order valence-corrected chi connectivity index (χ3v) is 3.56. The Morgan fingerprint density at radius 3 is 2.88 bits per heavy atom. The van der Waals surface area contributed by atoms with Crippen molar-refractivity contribution >= 4 is 33.3 Å². The number of hydrogen-bond acceptors (Lipinski definition) is 2. The SMILES string of the molecule is O=C(C1=CCCCO1)c1ccc(Cl)c(Br)c1. The fraction of sp³-hybridized carbons (Fsp3) is 0.250. The van der Waals surface area contributed by atoms with Crippen molar-refractivity contribution in [1.82, 2.24) is 0 Å². The minimum absolute atomic E-state index is 0.0860. The van der Waals surface area contributed by atoms with E-state index >= 15 is 0 Å². The Bertz CT molecular complexity index is 454. The molecule has 0 N–H and O–H groups in total. The molecule has 1 aliphatic rings. The van der Waals surface area contributed by atoms with Crippen LogP contribution >= 0.6 is 27.5 Å². The smallest absolute Gasteiger partial charge is 0.227 e. The number of carbonyl (C=O) groups excluding carboxylic acids is 1. The summed E-state index contributed by atoms with van der Waals surface area (Å²) in [6, 6.07) is 5.11. The first kappa shape index (κ1) is 11.7. The molecule has 1 aromatic carbocycles. The monoisotopic (exact) mass is 300 g/mol. The maximum Gasteiger partial charge on any atom is 0.227 e. The van der Waals surface area contributed by atoms with Crippen LogP contribution in [0.1, 0.15) is 23.2 Å². The first-order valence-corrected chi connectivity index (χ1v) is 6.18. The molecule has 2 rings (SSSR count). The topological polar surface area (TPSA) is 26.3 Å². The molecule has 0 fully saturated rings. The van der Waals surface area contributed by atoms with Crippen LogP contribution in [-0.4, -0.2) is 12.4 Å². The number of benzene rings is 1. The van der Waals surface area contributed by atoms with Gasteiger partial charge < -0.3 is 4.74 Å². The van der Waals surface area contributed by atoms with Crippen LogP contribution in [0.2, 0.25) is 5.02 Å². The van der Waals surface area contributed by atoms with E-state index < -0.39 is 0 Å². The van der Waals surface area contributed by atoms with Crippen LogP contribution in [0.5, 0.6) is 0 Å². The Morgan fingerprint density at radius 1 is 1.44 bits per heavy atom. The second-order valence-corrected chi connectivity index (χ2v) is 4.78. The maximum absolute atomic E-state index is 12.0. The summed E-state index contributed by atoms with van der Waals surface area (Å²) in [6.45, 7) is 0.617. The molecule has 0 amide bonds. The van der Waals surface area contributed by atoms with E-state index in [1.807, 2.05) is 6.08 Å². The fourth-order valence-electron chi connectivity index (χ4n) is 1.50. The Kier molecular flexibility index (Phi) is 3.66. The van der Waals surface area contributed by atoms with Gasteiger partial charge in [-0.1, -0.05) is 11.6 Å². The van der Waals surface area contributed by atoms with Gasteiger partial charge in [-0.3, -0.25) is 4.79 Å². The first-order chi connectivity index (χ1) is 7.68. The van der Waals surface area contributed by atoms with Gasteiger partial charge in [0, 0.05) is 10.0 Å². The van der Waals surface area contributed by atoms with E-state index in [0.717, 1.165) is 17.3 Å². The highest BCUT2D eigenvalue weighted by atomic mass is 79.9. The number of halogens is 2. The van der Waals surface area contributed by atoms with Crippen molar-refractivity contribution in [3.63, 3.8) is 0 Å². The van der Waals surface area contributed by atoms with Crippen molar-refractivity contribution in [3.05, 3.63) is 45.1 Å². The molecule has 0 radical (unpaired) electrons. The van der Waals surface area contributed by atoms with Crippen molar-refractivity contribution in [2.24, 2.45) is 0 Å². The molecule has 0 atom stereocenters. The van der Waals surface area contributed by atoms with E-state index in [0.29, 0.717) is 23.0 Å². The second-order valence-electron chi connectivity index (χ2n) is 3.52. The molecule has 1 heterocycles. The summed E-state index contributed by atoms with van der Waals surface area (Å²) < 4.78 is 6.05. The Labute approximate surface area is 107 Å². The molecule has 1 aliphatic heterocycles. The largest absolute Gasteiger partial charge is 0.490 e.